The van der Waals surface area contributed by atoms with Crippen molar-refractivity contribution >= 4 is 0 Å². The second-order valence-electron chi connectivity index (χ2n) is 4.84. The maximum atomic E-state index is 13.5. The number of hydrogen-bond acceptors (Lipinski definition) is 1. The molecule has 0 aliphatic rings. The van der Waals surface area contributed by atoms with Gasteiger partial charge in [0.2, 0.25) is 0 Å². The molecule has 2 aromatic rings. The van der Waals surface area contributed by atoms with Crippen molar-refractivity contribution in [1.82, 2.24) is 5.32 Å². The SMILES string of the molecule is CCCNCc1ccc(-c2ccc(C)c(F)c2)cc1. The molecule has 0 saturated heterocycles. The van der Waals surface area contributed by atoms with E-state index < -0.39 is 0 Å². The Kier molecular flexibility index (Phi) is 4.69. The van der Waals surface area contributed by atoms with Gasteiger partial charge in [-0.2, -0.15) is 0 Å². The highest BCUT2D eigenvalue weighted by Gasteiger charge is 2.02. The third-order valence-corrected chi connectivity index (χ3v) is 3.22. The summed E-state index contributed by atoms with van der Waals surface area (Å²) in [5.41, 5.74) is 3.92. The number of halogens is 1. The fraction of sp³-hybridized carbons (Fsp3) is 0.294. The quantitative estimate of drug-likeness (QED) is 0.787. The van der Waals surface area contributed by atoms with E-state index in [0.29, 0.717) is 5.56 Å². The van der Waals surface area contributed by atoms with Crippen LogP contribution in [0, 0.1) is 12.7 Å². The molecule has 0 saturated carbocycles. The molecular formula is C17H20FN. The summed E-state index contributed by atoms with van der Waals surface area (Å²) in [6, 6.07) is 13.7. The summed E-state index contributed by atoms with van der Waals surface area (Å²) >= 11 is 0. The molecule has 0 radical (unpaired) electrons. The van der Waals surface area contributed by atoms with E-state index in [1.807, 2.05) is 24.3 Å². The molecule has 0 aliphatic carbocycles. The van der Waals surface area contributed by atoms with Crippen LogP contribution in [0.2, 0.25) is 0 Å². The molecular weight excluding hydrogens is 237 g/mol. The van der Waals surface area contributed by atoms with Crippen LogP contribution in [0.4, 0.5) is 4.39 Å². The zero-order chi connectivity index (χ0) is 13.7. The van der Waals surface area contributed by atoms with Crippen LogP contribution in [0.5, 0.6) is 0 Å². The first kappa shape index (κ1) is 13.8. The Morgan fingerprint density at radius 3 is 2.32 bits per heavy atom. The molecule has 0 spiro atoms. The molecule has 0 amide bonds. The van der Waals surface area contributed by atoms with Gasteiger partial charge < -0.3 is 5.32 Å². The Balaban J connectivity index is 2.11. The van der Waals surface area contributed by atoms with E-state index in [4.69, 9.17) is 0 Å². The Bertz CT molecular complexity index is 531. The average Bonchev–Trinajstić information content (AvgIpc) is 2.43. The van der Waals surface area contributed by atoms with Crippen LogP contribution in [0.3, 0.4) is 0 Å². The Morgan fingerprint density at radius 2 is 1.68 bits per heavy atom. The van der Waals surface area contributed by atoms with Crippen LogP contribution < -0.4 is 5.32 Å². The molecule has 0 aliphatic heterocycles. The third-order valence-electron chi connectivity index (χ3n) is 3.22. The summed E-state index contributed by atoms with van der Waals surface area (Å²) in [7, 11) is 0. The van der Waals surface area contributed by atoms with Crippen LogP contribution in [-0.4, -0.2) is 6.54 Å². The van der Waals surface area contributed by atoms with Crippen molar-refractivity contribution in [2.24, 2.45) is 0 Å². The lowest BCUT2D eigenvalue weighted by molar-refractivity contribution is 0.619. The predicted molar refractivity (Wildman–Crippen MR) is 78.6 cm³/mol. The van der Waals surface area contributed by atoms with Gasteiger partial charge in [0.1, 0.15) is 5.82 Å². The molecule has 0 unspecified atom stereocenters. The summed E-state index contributed by atoms with van der Waals surface area (Å²) in [4.78, 5) is 0. The van der Waals surface area contributed by atoms with Gasteiger partial charge in [-0.05, 0) is 48.2 Å². The minimum Gasteiger partial charge on any atom is -0.313 e. The second-order valence-corrected chi connectivity index (χ2v) is 4.84. The van der Waals surface area contributed by atoms with Gasteiger partial charge in [-0.1, -0.05) is 43.3 Å². The second kappa shape index (κ2) is 6.48. The highest BCUT2D eigenvalue weighted by atomic mass is 19.1. The molecule has 0 bridgehead atoms. The standard InChI is InChI=1S/C17H20FN/c1-3-10-19-12-14-5-8-15(9-6-14)16-7-4-13(2)17(18)11-16/h4-9,11,19H,3,10,12H2,1-2H3. The van der Waals surface area contributed by atoms with E-state index in [-0.39, 0.29) is 5.82 Å². The minimum absolute atomic E-state index is 0.147. The first-order chi connectivity index (χ1) is 9.20. The Morgan fingerprint density at radius 1 is 1.00 bits per heavy atom. The average molecular weight is 257 g/mol. The number of nitrogens with one attached hydrogen (secondary N) is 1. The molecule has 0 fully saturated rings. The van der Waals surface area contributed by atoms with E-state index in [1.54, 1.807) is 13.0 Å². The molecule has 2 aromatic carbocycles. The number of aryl methyl sites for hydroxylation is 1. The van der Waals surface area contributed by atoms with Crippen molar-refractivity contribution < 1.29 is 4.39 Å². The van der Waals surface area contributed by atoms with Crippen LogP contribution in [0.1, 0.15) is 24.5 Å². The van der Waals surface area contributed by atoms with Crippen molar-refractivity contribution in [1.29, 1.82) is 0 Å². The Labute approximate surface area is 114 Å². The lowest BCUT2D eigenvalue weighted by atomic mass is 10.0. The topological polar surface area (TPSA) is 12.0 Å². The van der Waals surface area contributed by atoms with Crippen LogP contribution >= 0.6 is 0 Å². The third kappa shape index (κ3) is 3.65. The van der Waals surface area contributed by atoms with Gasteiger partial charge in [0.15, 0.2) is 0 Å². The molecule has 2 heteroatoms. The Hall–Kier alpha value is -1.67. The maximum absolute atomic E-state index is 13.5. The maximum Gasteiger partial charge on any atom is 0.126 e. The molecule has 1 N–H and O–H groups in total. The van der Waals surface area contributed by atoms with E-state index in [0.717, 1.165) is 30.6 Å². The zero-order valence-electron chi connectivity index (χ0n) is 11.5. The highest BCUT2D eigenvalue weighted by Crippen LogP contribution is 2.22. The van der Waals surface area contributed by atoms with Crippen molar-refractivity contribution in [3.8, 4) is 11.1 Å². The zero-order valence-corrected chi connectivity index (χ0v) is 11.5. The summed E-state index contributed by atoms with van der Waals surface area (Å²) in [6.07, 6.45) is 1.14. The lowest BCUT2D eigenvalue weighted by Gasteiger charge is -2.06. The minimum atomic E-state index is -0.147. The van der Waals surface area contributed by atoms with Gasteiger partial charge in [-0.25, -0.2) is 4.39 Å². The first-order valence-corrected chi connectivity index (χ1v) is 6.77. The van der Waals surface area contributed by atoms with Crippen molar-refractivity contribution in [2.45, 2.75) is 26.8 Å². The van der Waals surface area contributed by atoms with Crippen molar-refractivity contribution in [3.63, 3.8) is 0 Å². The van der Waals surface area contributed by atoms with Crippen molar-refractivity contribution in [3.05, 3.63) is 59.4 Å². The molecule has 2 rings (SSSR count). The molecule has 19 heavy (non-hydrogen) atoms. The highest BCUT2D eigenvalue weighted by molar-refractivity contribution is 5.64. The van der Waals surface area contributed by atoms with Gasteiger partial charge in [-0.15, -0.1) is 0 Å². The summed E-state index contributed by atoms with van der Waals surface area (Å²) in [5.74, 6) is -0.147. The van der Waals surface area contributed by atoms with Crippen LogP contribution in [-0.2, 0) is 6.54 Å². The van der Waals surface area contributed by atoms with Crippen LogP contribution in [0.25, 0.3) is 11.1 Å². The van der Waals surface area contributed by atoms with E-state index in [2.05, 4.69) is 24.4 Å². The fourth-order valence-corrected chi connectivity index (χ4v) is 2.00. The molecule has 0 heterocycles. The van der Waals surface area contributed by atoms with Gasteiger partial charge in [0.05, 0.1) is 0 Å². The number of benzene rings is 2. The van der Waals surface area contributed by atoms with Gasteiger partial charge in [0.25, 0.3) is 0 Å². The van der Waals surface area contributed by atoms with Gasteiger partial charge >= 0.3 is 0 Å². The van der Waals surface area contributed by atoms with E-state index >= 15 is 0 Å². The van der Waals surface area contributed by atoms with Crippen LogP contribution in [0.15, 0.2) is 42.5 Å². The fourth-order valence-electron chi connectivity index (χ4n) is 2.00. The largest absolute Gasteiger partial charge is 0.313 e. The van der Waals surface area contributed by atoms with E-state index in [1.165, 1.54) is 5.56 Å². The number of hydrogen-bond donors (Lipinski definition) is 1. The predicted octanol–water partition coefficient (Wildman–Crippen LogP) is 4.30. The lowest BCUT2D eigenvalue weighted by Crippen LogP contribution is -2.13. The molecule has 100 valence electrons. The summed E-state index contributed by atoms with van der Waals surface area (Å²) in [5, 5.41) is 3.37. The van der Waals surface area contributed by atoms with E-state index in [9.17, 15) is 4.39 Å². The smallest absolute Gasteiger partial charge is 0.126 e. The monoisotopic (exact) mass is 257 g/mol. The number of rotatable bonds is 5. The molecule has 0 aromatic heterocycles. The first-order valence-electron chi connectivity index (χ1n) is 6.77. The van der Waals surface area contributed by atoms with Gasteiger partial charge in [0, 0.05) is 6.54 Å². The van der Waals surface area contributed by atoms with Gasteiger partial charge in [-0.3, -0.25) is 0 Å². The van der Waals surface area contributed by atoms with Crippen molar-refractivity contribution in [2.75, 3.05) is 6.54 Å². The normalized spacial score (nSPS) is 10.7. The molecule has 1 nitrogen and oxygen atoms in total. The summed E-state index contributed by atoms with van der Waals surface area (Å²) < 4.78 is 13.5. The molecule has 0 atom stereocenters. The summed E-state index contributed by atoms with van der Waals surface area (Å²) in [6.45, 7) is 5.85.